The average Bonchev–Trinajstić information content (AvgIpc) is 2.78. The Morgan fingerprint density at radius 2 is 2.06 bits per heavy atom. The van der Waals surface area contributed by atoms with Crippen molar-refractivity contribution < 1.29 is 4.74 Å². The fourth-order valence-corrected chi connectivity index (χ4v) is 2.46. The summed E-state index contributed by atoms with van der Waals surface area (Å²) in [5, 5.41) is 1.66. The minimum absolute atomic E-state index is 0.489. The monoisotopic (exact) mass is 253 g/mol. The van der Waals surface area contributed by atoms with Crippen LogP contribution in [0.15, 0.2) is 18.2 Å². The highest BCUT2D eigenvalue weighted by Crippen LogP contribution is 2.32. The first-order valence-corrected chi connectivity index (χ1v) is 5.94. The van der Waals surface area contributed by atoms with E-state index in [4.69, 9.17) is 27.9 Å². The van der Waals surface area contributed by atoms with Crippen molar-refractivity contribution >= 4 is 34.1 Å². The van der Waals surface area contributed by atoms with Gasteiger partial charge in [0.15, 0.2) is 0 Å². The molecule has 0 fully saturated rings. The first-order chi connectivity index (χ1) is 7.79. The average molecular weight is 254 g/mol. The molecule has 0 aliphatic carbocycles. The molecule has 0 saturated carbocycles. The van der Waals surface area contributed by atoms with Gasteiger partial charge in [-0.25, -0.2) is 4.98 Å². The summed E-state index contributed by atoms with van der Waals surface area (Å²) in [5.41, 5.74) is 4.13. The van der Waals surface area contributed by atoms with Crippen LogP contribution in [0.1, 0.15) is 16.7 Å². The molecule has 1 aromatic carbocycles. The third-order valence-corrected chi connectivity index (χ3v) is 3.49. The van der Waals surface area contributed by atoms with Crippen LogP contribution in [-0.2, 0) is 23.8 Å². The van der Waals surface area contributed by atoms with Crippen molar-refractivity contribution in [2.24, 2.45) is 0 Å². The zero-order chi connectivity index (χ0) is 11.1. The van der Waals surface area contributed by atoms with Crippen molar-refractivity contribution in [2.45, 2.75) is 19.1 Å². The van der Waals surface area contributed by atoms with Crippen LogP contribution in [0.25, 0.3) is 10.9 Å². The Bertz CT molecular complexity index is 568. The number of halogens is 2. The molecule has 0 unspecified atom stereocenters. The SMILES string of the molecule is ClCc1ccc2c3c(c(Cl)nc2c1)COC3. The summed E-state index contributed by atoms with van der Waals surface area (Å²) in [6.45, 7) is 1.18. The lowest BCUT2D eigenvalue weighted by Crippen LogP contribution is -1.92. The molecule has 16 heavy (non-hydrogen) atoms. The van der Waals surface area contributed by atoms with E-state index in [9.17, 15) is 0 Å². The summed E-state index contributed by atoms with van der Waals surface area (Å²) in [4.78, 5) is 4.38. The number of aromatic nitrogens is 1. The van der Waals surface area contributed by atoms with Gasteiger partial charge in [-0.15, -0.1) is 11.6 Å². The number of ether oxygens (including phenoxy) is 1. The van der Waals surface area contributed by atoms with Gasteiger partial charge < -0.3 is 4.74 Å². The third kappa shape index (κ3) is 1.49. The van der Waals surface area contributed by atoms with Crippen molar-refractivity contribution in [1.82, 2.24) is 4.98 Å². The maximum atomic E-state index is 6.12. The minimum atomic E-state index is 0.489. The molecular formula is C12H9Cl2NO. The van der Waals surface area contributed by atoms with Gasteiger partial charge in [0.1, 0.15) is 5.15 Å². The second-order valence-corrected chi connectivity index (χ2v) is 4.46. The molecule has 3 rings (SSSR count). The summed E-state index contributed by atoms with van der Waals surface area (Å²) >= 11 is 11.9. The predicted octanol–water partition coefficient (Wildman–Crippen LogP) is 3.66. The van der Waals surface area contributed by atoms with E-state index in [2.05, 4.69) is 4.98 Å². The van der Waals surface area contributed by atoms with Crippen molar-refractivity contribution in [2.75, 3.05) is 0 Å². The molecule has 0 bridgehead atoms. The van der Waals surface area contributed by atoms with Crippen molar-refractivity contribution in [3.63, 3.8) is 0 Å². The molecule has 2 aromatic rings. The van der Waals surface area contributed by atoms with Crippen molar-refractivity contribution in [3.8, 4) is 0 Å². The predicted molar refractivity (Wildman–Crippen MR) is 64.8 cm³/mol. The van der Waals surface area contributed by atoms with Gasteiger partial charge in [-0.05, 0) is 17.2 Å². The highest BCUT2D eigenvalue weighted by Gasteiger charge is 2.19. The summed E-state index contributed by atoms with van der Waals surface area (Å²) in [7, 11) is 0. The van der Waals surface area contributed by atoms with Crippen LogP contribution in [-0.4, -0.2) is 4.98 Å². The molecular weight excluding hydrogens is 245 g/mol. The number of hydrogen-bond donors (Lipinski definition) is 0. The quantitative estimate of drug-likeness (QED) is 0.572. The lowest BCUT2D eigenvalue weighted by atomic mass is 10.0. The third-order valence-electron chi connectivity index (χ3n) is 2.87. The number of hydrogen-bond acceptors (Lipinski definition) is 2. The van der Waals surface area contributed by atoms with E-state index >= 15 is 0 Å². The topological polar surface area (TPSA) is 22.1 Å². The molecule has 1 aromatic heterocycles. The Labute approximate surface area is 103 Å². The molecule has 0 saturated heterocycles. The highest BCUT2D eigenvalue weighted by molar-refractivity contribution is 6.30. The van der Waals surface area contributed by atoms with Crippen LogP contribution in [0.4, 0.5) is 0 Å². The zero-order valence-electron chi connectivity index (χ0n) is 8.46. The van der Waals surface area contributed by atoms with Crippen molar-refractivity contribution in [1.29, 1.82) is 0 Å². The molecule has 2 heterocycles. The van der Waals surface area contributed by atoms with E-state index in [-0.39, 0.29) is 0 Å². The lowest BCUT2D eigenvalue weighted by molar-refractivity contribution is 0.135. The van der Waals surface area contributed by atoms with Crippen LogP contribution in [0.5, 0.6) is 0 Å². The Kier molecular flexibility index (Phi) is 2.51. The molecule has 82 valence electrons. The largest absolute Gasteiger partial charge is 0.372 e. The summed E-state index contributed by atoms with van der Waals surface area (Å²) in [6, 6.07) is 6.04. The van der Waals surface area contributed by atoms with Gasteiger partial charge in [0.05, 0.1) is 18.7 Å². The first-order valence-electron chi connectivity index (χ1n) is 5.03. The molecule has 0 radical (unpaired) electrons. The molecule has 2 nitrogen and oxygen atoms in total. The van der Waals surface area contributed by atoms with Gasteiger partial charge in [0.2, 0.25) is 0 Å². The maximum absolute atomic E-state index is 6.12. The smallest absolute Gasteiger partial charge is 0.135 e. The zero-order valence-corrected chi connectivity index (χ0v) is 9.98. The first kappa shape index (κ1) is 10.3. The number of fused-ring (bicyclic) bond motifs is 3. The van der Waals surface area contributed by atoms with E-state index in [0.29, 0.717) is 24.2 Å². The van der Waals surface area contributed by atoms with Crippen LogP contribution in [0, 0.1) is 0 Å². The Balaban J connectivity index is 2.33. The fraction of sp³-hybridized carbons (Fsp3) is 0.250. The number of pyridine rings is 1. The lowest BCUT2D eigenvalue weighted by Gasteiger charge is -2.06. The Morgan fingerprint density at radius 3 is 2.88 bits per heavy atom. The van der Waals surface area contributed by atoms with Crippen LogP contribution < -0.4 is 0 Å². The highest BCUT2D eigenvalue weighted by atomic mass is 35.5. The Hall–Kier alpha value is -0.830. The second kappa shape index (κ2) is 3.88. The van der Waals surface area contributed by atoms with E-state index in [1.165, 1.54) is 0 Å². The fourth-order valence-electron chi connectivity index (χ4n) is 2.04. The van der Waals surface area contributed by atoms with Gasteiger partial charge in [-0.3, -0.25) is 0 Å². The molecule has 0 N–H and O–H groups in total. The van der Waals surface area contributed by atoms with Gasteiger partial charge in [-0.1, -0.05) is 23.7 Å². The molecule has 1 aliphatic heterocycles. The van der Waals surface area contributed by atoms with Crippen molar-refractivity contribution in [3.05, 3.63) is 40.0 Å². The van der Waals surface area contributed by atoms with Crippen LogP contribution in [0.2, 0.25) is 5.15 Å². The number of rotatable bonds is 1. The Morgan fingerprint density at radius 1 is 1.25 bits per heavy atom. The number of benzene rings is 1. The molecule has 0 amide bonds. The number of nitrogens with zero attached hydrogens (tertiary/aromatic N) is 1. The van der Waals surface area contributed by atoms with Gasteiger partial charge >= 0.3 is 0 Å². The molecule has 4 heteroatoms. The van der Waals surface area contributed by atoms with Gasteiger partial charge in [0.25, 0.3) is 0 Å². The van der Waals surface area contributed by atoms with E-state index in [1.807, 2.05) is 18.2 Å². The maximum Gasteiger partial charge on any atom is 0.135 e. The van der Waals surface area contributed by atoms with Gasteiger partial charge in [0, 0.05) is 16.8 Å². The summed E-state index contributed by atoms with van der Waals surface area (Å²) in [6.07, 6.45) is 0. The summed E-state index contributed by atoms with van der Waals surface area (Å²) in [5.74, 6) is 0.489. The van der Waals surface area contributed by atoms with Crippen LogP contribution >= 0.6 is 23.2 Å². The number of alkyl halides is 1. The van der Waals surface area contributed by atoms with E-state index in [1.54, 1.807) is 0 Å². The second-order valence-electron chi connectivity index (χ2n) is 3.84. The molecule has 1 aliphatic rings. The van der Waals surface area contributed by atoms with E-state index < -0.39 is 0 Å². The van der Waals surface area contributed by atoms with E-state index in [0.717, 1.165) is 27.6 Å². The minimum Gasteiger partial charge on any atom is -0.372 e. The normalized spacial score (nSPS) is 14.4. The standard InChI is InChI=1S/C12H9Cl2NO/c13-4-7-1-2-8-9-5-16-6-10(9)12(14)15-11(8)3-7/h1-3H,4-6H2. The molecule has 0 spiro atoms. The molecule has 0 atom stereocenters. The summed E-state index contributed by atoms with van der Waals surface area (Å²) < 4.78 is 5.41. The van der Waals surface area contributed by atoms with Gasteiger partial charge in [-0.2, -0.15) is 0 Å². The van der Waals surface area contributed by atoms with Crippen LogP contribution in [0.3, 0.4) is 0 Å².